The van der Waals surface area contributed by atoms with Gasteiger partial charge >= 0.3 is 0 Å². The Bertz CT molecular complexity index is 540. The first kappa shape index (κ1) is 14.1. The standard InChI is InChI=1S/C16H17ClO2/c1-19-11-13-7-2-4-8-14(13)16(18)10-12-6-3-5-9-15(12)17/h2-9,16,18H,10-11H2,1H3. The van der Waals surface area contributed by atoms with Crippen molar-refractivity contribution in [1.82, 2.24) is 0 Å². The molecule has 2 rings (SSSR count). The minimum Gasteiger partial charge on any atom is -0.388 e. The largest absolute Gasteiger partial charge is 0.388 e. The Morgan fingerprint density at radius 2 is 1.68 bits per heavy atom. The minimum absolute atomic E-state index is 0.496. The topological polar surface area (TPSA) is 29.5 Å². The molecule has 0 saturated carbocycles. The first-order valence-corrected chi connectivity index (χ1v) is 6.58. The predicted octanol–water partition coefficient (Wildman–Crippen LogP) is 3.76. The van der Waals surface area contributed by atoms with Crippen LogP contribution < -0.4 is 0 Å². The molecule has 100 valence electrons. The van der Waals surface area contributed by atoms with Crippen LogP contribution in [0.4, 0.5) is 0 Å². The molecule has 0 aliphatic rings. The molecule has 0 heterocycles. The van der Waals surface area contributed by atoms with Crippen LogP contribution in [0, 0.1) is 0 Å². The molecule has 1 unspecified atom stereocenters. The van der Waals surface area contributed by atoms with Gasteiger partial charge in [0.15, 0.2) is 0 Å². The fourth-order valence-electron chi connectivity index (χ4n) is 2.13. The SMILES string of the molecule is COCc1ccccc1C(O)Cc1ccccc1Cl. The molecule has 0 aliphatic heterocycles. The summed E-state index contributed by atoms with van der Waals surface area (Å²) < 4.78 is 5.16. The number of halogens is 1. The van der Waals surface area contributed by atoms with Crippen LogP contribution in [-0.2, 0) is 17.8 Å². The zero-order valence-corrected chi connectivity index (χ0v) is 11.6. The normalized spacial score (nSPS) is 12.4. The molecule has 0 bridgehead atoms. The summed E-state index contributed by atoms with van der Waals surface area (Å²) in [5.74, 6) is 0. The maximum absolute atomic E-state index is 10.4. The van der Waals surface area contributed by atoms with E-state index >= 15 is 0 Å². The number of aliphatic hydroxyl groups excluding tert-OH is 1. The molecule has 19 heavy (non-hydrogen) atoms. The Labute approximate surface area is 118 Å². The highest BCUT2D eigenvalue weighted by Gasteiger charge is 2.13. The van der Waals surface area contributed by atoms with Crippen LogP contribution in [0.5, 0.6) is 0 Å². The van der Waals surface area contributed by atoms with Crippen molar-refractivity contribution < 1.29 is 9.84 Å². The van der Waals surface area contributed by atoms with E-state index in [1.54, 1.807) is 7.11 Å². The van der Waals surface area contributed by atoms with Crippen molar-refractivity contribution in [2.24, 2.45) is 0 Å². The molecule has 0 aromatic heterocycles. The van der Waals surface area contributed by atoms with E-state index in [9.17, 15) is 5.11 Å². The summed E-state index contributed by atoms with van der Waals surface area (Å²) in [6.07, 6.45) is -0.0771. The van der Waals surface area contributed by atoms with Crippen molar-refractivity contribution in [2.75, 3.05) is 7.11 Å². The lowest BCUT2D eigenvalue weighted by atomic mass is 9.97. The average molecular weight is 277 g/mol. The van der Waals surface area contributed by atoms with Gasteiger partial charge in [-0.15, -0.1) is 0 Å². The van der Waals surface area contributed by atoms with E-state index in [1.807, 2.05) is 48.5 Å². The van der Waals surface area contributed by atoms with Crippen LogP contribution in [0.3, 0.4) is 0 Å². The van der Waals surface area contributed by atoms with Crippen molar-refractivity contribution in [3.63, 3.8) is 0 Å². The lowest BCUT2D eigenvalue weighted by Crippen LogP contribution is -2.06. The number of hydrogen-bond donors (Lipinski definition) is 1. The van der Waals surface area contributed by atoms with Gasteiger partial charge in [-0.2, -0.15) is 0 Å². The summed E-state index contributed by atoms with van der Waals surface area (Å²) in [6.45, 7) is 0.496. The second kappa shape index (κ2) is 6.71. The average Bonchev–Trinajstić information content (AvgIpc) is 2.42. The second-order valence-electron chi connectivity index (χ2n) is 4.44. The molecular formula is C16H17ClO2. The number of ether oxygens (including phenoxy) is 1. The van der Waals surface area contributed by atoms with Gasteiger partial charge < -0.3 is 9.84 Å². The smallest absolute Gasteiger partial charge is 0.0834 e. The molecule has 1 atom stereocenters. The predicted molar refractivity (Wildman–Crippen MR) is 77.3 cm³/mol. The van der Waals surface area contributed by atoms with Gasteiger partial charge in [0, 0.05) is 18.6 Å². The van der Waals surface area contributed by atoms with Gasteiger partial charge in [0.25, 0.3) is 0 Å². The van der Waals surface area contributed by atoms with E-state index in [1.165, 1.54) is 0 Å². The number of rotatable bonds is 5. The Morgan fingerprint density at radius 3 is 2.37 bits per heavy atom. The summed E-state index contributed by atoms with van der Waals surface area (Å²) >= 11 is 6.12. The highest BCUT2D eigenvalue weighted by Crippen LogP contribution is 2.25. The minimum atomic E-state index is -0.578. The van der Waals surface area contributed by atoms with Crippen molar-refractivity contribution in [3.8, 4) is 0 Å². The van der Waals surface area contributed by atoms with Crippen LogP contribution in [0.15, 0.2) is 48.5 Å². The highest BCUT2D eigenvalue weighted by molar-refractivity contribution is 6.31. The molecule has 0 saturated heterocycles. The Kier molecular flexibility index (Phi) is 4.97. The molecule has 2 aromatic carbocycles. The van der Waals surface area contributed by atoms with Crippen molar-refractivity contribution in [2.45, 2.75) is 19.1 Å². The van der Waals surface area contributed by atoms with E-state index in [0.717, 1.165) is 16.7 Å². The van der Waals surface area contributed by atoms with Crippen molar-refractivity contribution in [3.05, 3.63) is 70.2 Å². The second-order valence-corrected chi connectivity index (χ2v) is 4.85. The number of hydrogen-bond acceptors (Lipinski definition) is 2. The Morgan fingerprint density at radius 1 is 1.05 bits per heavy atom. The van der Waals surface area contributed by atoms with Gasteiger partial charge in [-0.1, -0.05) is 54.1 Å². The summed E-state index contributed by atoms with van der Waals surface area (Å²) in [5, 5.41) is 11.1. The molecule has 0 radical (unpaired) electrons. The molecule has 0 fully saturated rings. The maximum atomic E-state index is 10.4. The van der Waals surface area contributed by atoms with Gasteiger partial charge in [-0.3, -0.25) is 0 Å². The molecule has 0 amide bonds. The monoisotopic (exact) mass is 276 g/mol. The van der Waals surface area contributed by atoms with Gasteiger partial charge in [0.05, 0.1) is 12.7 Å². The van der Waals surface area contributed by atoms with Gasteiger partial charge in [0.2, 0.25) is 0 Å². The summed E-state index contributed by atoms with van der Waals surface area (Å²) in [6, 6.07) is 15.3. The van der Waals surface area contributed by atoms with E-state index in [2.05, 4.69) is 0 Å². The number of benzene rings is 2. The van der Waals surface area contributed by atoms with Gasteiger partial charge in [0.1, 0.15) is 0 Å². The number of methoxy groups -OCH3 is 1. The molecule has 1 N–H and O–H groups in total. The molecule has 2 nitrogen and oxygen atoms in total. The third-order valence-electron chi connectivity index (χ3n) is 3.09. The van der Waals surface area contributed by atoms with Crippen LogP contribution in [-0.4, -0.2) is 12.2 Å². The molecule has 3 heteroatoms. The zero-order valence-electron chi connectivity index (χ0n) is 10.8. The summed E-state index contributed by atoms with van der Waals surface area (Å²) in [4.78, 5) is 0. The third kappa shape index (κ3) is 3.57. The first-order valence-electron chi connectivity index (χ1n) is 6.20. The Balaban J connectivity index is 2.20. The van der Waals surface area contributed by atoms with Crippen molar-refractivity contribution in [1.29, 1.82) is 0 Å². The van der Waals surface area contributed by atoms with E-state index < -0.39 is 6.10 Å². The van der Waals surface area contributed by atoms with Crippen LogP contribution in [0.25, 0.3) is 0 Å². The fourth-order valence-corrected chi connectivity index (χ4v) is 2.34. The third-order valence-corrected chi connectivity index (χ3v) is 3.45. The number of aliphatic hydroxyl groups is 1. The van der Waals surface area contributed by atoms with E-state index in [0.29, 0.717) is 18.1 Å². The first-order chi connectivity index (χ1) is 9.22. The summed E-state index contributed by atoms with van der Waals surface area (Å²) in [7, 11) is 1.65. The van der Waals surface area contributed by atoms with Crippen LogP contribution in [0.1, 0.15) is 22.8 Å². The van der Waals surface area contributed by atoms with E-state index in [-0.39, 0.29) is 0 Å². The fraction of sp³-hybridized carbons (Fsp3) is 0.250. The lowest BCUT2D eigenvalue weighted by molar-refractivity contribution is 0.161. The molecule has 2 aromatic rings. The zero-order chi connectivity index (χ0) is 13.7. The quantitative estimate of drug-likeness (QED) is 0.901. The molecular weight excluding hydrogens is 260 g/mol. The highest BCUT2D eigenvalue weighted by atomic mass is 35.5. The lowest BCUT2D eigenvalue weighted by Gasteiger charge is -2.16. The van der Waals surface area contributed by atoms with Crippen LogP contribution >= 0.6 is 11.6 Å². The van der Waals surface area contributed by atoms with Gasteiger partial charge in [-0.25, -0.2) is 0 Å². The van der Waals surface area contributed by atoms with Crippen molar-refractivity contribution >= 4 is 11.6 Å². The Hall–Kier alpha value is -1.35. The van der Waals surface area contributed by atoms with Crippen LogP contribution in [0.2, 0.25) is 5.02 Å². The van der Waals surface area contributed by atoms with Gasteiger partial charge in [-0.05, 0) is 22.8 Å². The summed E-state index contributed by atoms with van der Waals surface area (Å²) in [5.41, 5.74) is 2.85. The van der Waals surface area contributed by atoms with E-state index in [4.69, 9.17) is 16.3 Å². The molecule has 0 aliphatic carbocycles. The molecule has 0 spiro atoms. The maximum Gasteiger partial charge on any atom is 0.0834 e.